The van der Waals surface area contributed by atoms with Crippen molar-refractivity contribution in [1.29, 1.82) is 0 Å². The van der Waals surface area contributed by atoms with Gasteiger partial charge < -0.3 is 19.7 Å². The SMILES string of the molecule is CC(C)(C)OC(=O)N1CCC(OCCNC2CCN3CCCC23)CC1. The van der Waals surface area contributed by atoms with Crippen LogP contribution in [0.1, 0.15) is 52.9 Å². The molecule has 0 aromatic heterocycles. The summed E-state index contributed by atoms with van der Waals surface area (Å²) < 4.78 is 11.5. The van der Waals surface area contributed by atoms with E-state index in [1.54, 1.807) is 4.90 Å². The van der Waals surface area contributed by atoms with E-state index in [1.807, 2.05) is 20.8 Å². The minimum Gasteiger partial charge on any atom is -0.444 e. The minimum absolute atomic E-state index is 0.199. The van der Waals surface area contributed by atoms with Gasteiger partial charge in [-0.05, 0) is 59.4 Å². The highest BCUT2D eigenvalue weighted by molar-refractivity contribution is 5.68. The fraction of sp³-hybridized carbons (Fsp3) is 0.947. The predicted molar refractivity (Wildman–Crippen MR) is 97.8 cm³/mol. The molecule has 0 spiro atoms. The molecule has 0 aromatic rings. The first-order chi connectivity index (χ1) is 11.9. The zero-order valence-corrected chi connectivity index (χ0v) is 16.1. The van der Waals surface area contributed by atoms with Gasteiger partial charge in [0.2, 0.25) is 0 Å². The van der Waals surface area contributed by atoms with Crippen molar-refractivity contribution in [2.75, 3.05) is 39.3 Å². The molecular formula is C19H35N3O3. The van der Waals surface area contributed by atoms with Gasteiger partial charge in [0.25, 0.3) is 0 Å². The molecule has 144 valence electrons. The lowest BCUT2D eigenvalue weighted by Gasteiger charge is -2.33. The van der Waals surface area contributed by atoms with Gasteiger partial charge in [-0.2, -0.15) is 0 Å². The van der Waals surface area contributed by atoms with Crippen LogP contribution in [0.3, 0.4) is 0 Å². The first-order valence-electron chi connectivity index (χ1n) is 9.99. The van der Waals surface area contributed by atoms with Crippen LogP contribution < -0.4 is 5.32 Å². The van der Waals surface area contributed by atoms with E-state index >= 15 is 0 Å². The molecular weight excluding hydrogens is 318 g/mol. The average molecular weight is 354 g/mol. The molecule has 3 aliphatic heterocycles. The van der Waals surface area contributed by atoms with Crippen LogP contribution >= 0.6 is 0 Å². The Kier molecular flexibility index (Phi) is 6.23. The lowest BCUT2D eigenvalue weighted by Crippen LogP contribution is -2.44. The van der Waals surface area contributed by atoms with E-state index in [9.17, 15) is 4.79 Å². The molecule has 1 amide bonds. The van der Waals surface area contributed by atoms with Crippen LogP contribution in [-0.2, 0) is 9.47 Å². The number of nitrogens with zero attached hydrogens (tertiary/aromatic N) is 2. The maximum Gasteiger partial charge on any atom is 0.410 e. The zero-order chi connectivity index (χ0) is 17.9. The molecule has 25 heavy (non-hydrogen) atoms. The molecule has 2 atom stereocenters. The Morgan fingerprint density at radius 2 is 1.84 bits per heavy atom. The molecule has 3 saturated heterocycles. The average Bonchev–Trinajstić information content (AvgIpc) is 3.14. The summed E-state index contributed by atoms with van der Waals surface area (Å²) in [7, 11) is 0. The van der Waals surface area contributed by atoms with Crippen LogP contribution in [0, 0.1) is 0 Å². The van der Waals surface area contributed by atoms with Gasteiger partial charge in [-0.3, -0.25) is 4.90 Å². The number of carbonyl (C=O) groups excluding carboxylic acids is 1. The Morgan fingerprint density at radius 3 is 2.56 bits per heavy atom. The van der Waals surface area contributed by atoms with Gasteiger partial charge in [-0.1, -0.05) is 0 Å². The first-order valence-corrected chi connectivity index (χ1v) is 9.99. The fourth-order valence-corrected chi connectivity index (χ4v) is 4.32. The Labute approximate surface area is 152 Å². The molecule has 3 aliphatic rings. The lowest BCUT2D eigenvalue weighted by atomic mass is 10.1. The van der Waals surface area contributed by atoms with Crippen molar-refractivity contribution in [3.8, 4) is 0 Å². The molecule has 1 N–H and O–H groups in total. The summed E-state index contributed by atoms with van der Waals surface area (Å²) in [6.07, 6.45) is 5.86. The monoisotopic (exact) mass is 353 g/mol. The van der Waals surface area contributed by atoms with Crippen LogP contribution in [0.15, 0.2) is 0 Å². The highest BCUT2D eigenvalue weighted by Gasteiger charge is 2.36. The van der Waals surface area contributed by atoms with E-state index in [4.69, 9.17) is 9.47 Å². The predicted octanol–water partition coefficient (Wildman–Crippen LogP) is 2.23. The third kappa shape index (κ3) is 5.31. The summed E-state index contributed by atoms with van der Waals surface area (Å²) in [5, 5.41) is 3.69. The zero-order valence-electron chi connectivity index (χ0n) is 16.1. The maximum atomic E-state index is 12.1. The summed E-state index contributed by atoms with van der Waals surface area (Å²) in [6, 6.07) is 1.41. The number of carbonyl (C=O) groups is 1. The van der Waals surface area contributed by atoms with Gasteiger partial charge in [-0.25, -0.2) is 4.79 Å². The molecule has 3 heterocycles. The molecule has 2 unspecified atom stereocenters. The Bertz CT molecular complexity index is 444. The Balaban J connectivity index is 1.27. The molecule has 0 aromatic carbocycles. The fourth-order valence-electron chi connectivity index (χ4n) is 4.32. The summed E-state index contributed by atoms with van der Waals surface area (Å²) in [4.78, 5) is 16.5. The van der Waals surface area contributed by atoms with Crippen LogP contribution in [-0.4, -0.2) is 79.0 Å². The second-order valence-electron chi connectivity index (χ2n) is 8.63. The summed E-state index contributed by atoms with van der Waals surface area (Å²) >= 11 is 0. The van der Waals surface area contributed by atoms with Gasteiger partial charge in [0.1, 0.15) is 5.60 Å². The molecule has 0 bridgehead atoms. The number of fused-ring (bicyclic) bond motifs is 1. The van der Waals surface area contributed by atoms with Gasteiger partial charge in [0.15, 0.2) is 0 Å². The number of nitrogens with one attached hydrogen (secondary N) is 1. The number of hydrogen-bond acceptors (Lipinski definition) is 5. The highest BCUT2D eigenvalue weighted by atomic mass is 16.6. The third-order valence-electron chi connectivity index (χ3n) is 5.56. The van der Waals surface area contributed by atoms with Gasteiger partial charge in [-0.15, -0.1) is 0 Å². The van der Waals surface area contributed by atoms with Crippen molar-refractivity contribution in [1.82, 2.24) is 15.1 Å². The van der Waals surface area contributed by atoms with Crippen LogP contribution in [0.4, 0.5) is 4.79 Å². The standard InChI is InChI=1S/C19H35N3O3/c1-19(2,3)25-18(23)22-11-6-15(7-12-22)24-14-9-20-16-8-13-21-10-4-5-17(16)21/h15-17,20H,4-14H2,1-3H3. The molecule has 0 radical (unpaired) electrons. The normalized spacial score (nSPS) is 28.4. The molecule has 6 heteroatoms. The van der Waals surface area contributed by atoms with Crippen molar-refractivity contribution >= 4 is 6.09 Å². The third-order valence-corrected chi connectivity index (χ3v) is 5.56. The van der Waals surface area contributed by atoms with Gasteiger partial charge in [0, 0.05) is 38.3 Å². The van der Waals surface area contributed by atoms with Crippen LogP contribution in [0.5, 0.6) is 0 Å². The second kappa shape index (κ2) is 8.23. The van der Waals surface area contributed by atoms with E-state index in [0.717, 1.165) is 45.1 Å². The van der Waals surface area contributed by atoms with Crippen molar-refractivity contribution in [2.24, 2.45) is 0 Å². The van der Waals surface area contributed by atoms with Crippen LogP contribution in [0.2, 0.25) is 0 Å². The molecule has 0 aliphatic carbocycles. The highest BCUT2D eigenvalue weighted by Crippen LogP contribution is 2.27. The second-order valence-corrected chi connectivity index (χ2v) is 8.63. The quantitative estimate of drug-likeness (QED) is 0.768. The van der Waals surface area contributed by atoms with Crippen molar-refractivity contribution < 1.29 is 14.3 Å². The van der Waals surface area contributed by atoms with E-state index < -0.39 is 5.60 Å². The van der Waals surface area contributed by atoms with Crippen molar-refractivity contribution in [2.45, 2.75) is 76.7 Å². The number of likely N-dealkylation sites (tertiary alicyclic amines) is 1. The van der Waals surface area contributed by atoms with Gasteiger partial charge >= 0.3 is 6.09 Å². The first kappa shape index (κ1) is 18.9. The van der Waals surface area contributed by atoms with E-state index in [0.29, 0.717) is 6.04 Å². The summed E-state index contributed by atoms with van der Waals surface area (Å²) in [5.74, 6) is 0. The maximum absolute atomic E-state index is 12.1. The summed E-state index contributed by atoms with van der Waals surface area (Å²) in [5.41, 5.74) is -0.425. The Morgan fingerprint density at radius 1 is 1.08 bits per heavy atom. The number of piperidine rings is 1. The number of rotatable bonds is 5. The smallest absolute Gasteiger partial charge is 0.410 e. The molecule has 6 nitrogen and oxygen atoms in total. The van der Waals surface area contributed by atoms with E-state index in [2.05, 4.69) is 10.2 Å². The van der Waals surface area contributed by atoms with Gasteiger partial charge in [0.05, 0.1) is 12.7 Å². The lowest BCUT2D eigenvalue weighted by molar-refractivity contribution is -0.0108. The molecule has 3 rings (SSSR count). The molecule has 3 fully saturated rings. The number of ether oxygens (including phenoxy) is 2. The number of amides is 1. The largest absolute Gasteiger partial charge is 0.444 e. The molecule has 0 saturated carbocycles. The van der Waals surface area contributed by atoms with E-state index in [-0.39, 0.29) is 12.2 Å². The Hall–Kier alpha value is -0.850. The minimum atomic E-state index is -0.425. The van der Waals surface area contributed by atoms with Crippen LogP contribution in [0.25, 0.3) is 0 Å². The number of hydrogen-bond donors (Lipinski definition) is 1. The van der Waals surface area contributed by atoms with Crippen molar-refractivity contribution in [3.05, 3.63) is 0 Å². The summed E-state index contributed by atoms with van der Waals surface area (Å²) in [6.45, 7) is 11.4. The van der Waals surface area contributed by atoms with E-state index in [1.165, 1.54) is 32.4 Å². The van der Waals surface area contributed by atoms with Crippen molar-refractivity contribution in [3.63, 3.8) is 0 Å². The topological polar surface area (TPSA) is 54.0 Å².